The Morgan fingerprint density at radius 1 is 0.467 bits per heavy atom. The van der Waals surface area contributed by atoms with E-state index in [9.17, 15) is 0 Å². The molecule has 2 nitrogen and oxygen atoms in total. The Hall–Kier alpha value is -5.64. The van der Waals surface area contributed by atoms with E-state index in [-0.39, 0.29) is 5.41 Å². The molecule has 2 bridgehead atoms. The van der Waals surface area contributed by atoms with Gasteiger partial charge < -0.3 is 9.80 Å². The zero-order valence-corrected chi connectivity index (χ0v) is 36.2. The fourth-order valence-corrected chi connectivity index (χ4v) is 15.4. The Kier molecular flexibility index (Phi) is 9.42. The monoisotopic (exact) mass is 796 g/mol. The van der Waals surface area contributed by atoms with E-state index < -0.39 is 8.07 Å². The second-order valence-corrected chi connectivity index (χ2v) is 23.1. The van der Waals surface area contributed by atoms with Gasteiger partial charge in [-0.2, -0.15) is 0 Å². The molecule has 298 valence electrons. The maximum atomic E-state index is 2.57. The Morgan fingerprint density at radius 2 is 1.00 bits per heavy atom. The van der Waals surface area contributed by atoms with Crippen molar-refractivity contribution in [3.8, 4) is 11.1 Å². The Balaban J connectivity index is 1.00. The van der Waals surface area contributed by atoms with E-state index in [1.807, 2.05) is 0 Å². The van der Waals surface area contributed by atoms with Crippen molar-refractivity contribution in [2.45, 2.75) is 82.2 Å². The van der Waals surface area contributed by atoms with Crippen molar-refractivity contribution in [2.24, 2.45) is 11.8 Å². The molecule has 3 heteroatoms. The number of fused-ring (bicyclic) bond motifs is 5. The van der Waals surface area contributed by atoms with Crippen LogP contribution >= 0.6 is 0 Å². The molecule has 3 atom stereocenters. The average Bonchev–Trinajstić information content (AvgIpc) is 4.00. The van der Waals surface area contributed by atoms with Gasteiger partial charge in [0.25, 0.3) is 0 Å². The fourth-order valence-electron chi connectivity index (χ4n) is 12.3. The van der Waals surface area contributed by atoms with E-state index in [1.165, 1.54) is 120 Å². The van der Waals surface area contributed by atoms with Crippen LogP contribution in [0.1, 0.15) is 80.4 Å². The highest BCUT2D eigenvalue weighted by Gasteiger charge is 2.52. The van der Waals surface area contributed by atoms with Gasteiger partial charge in [0.1, 0.15) is 8.07 Å². The normalized spacial score (nSPS) is 21.4. The third kappa shape index (κ3) is 6.19. The molecule has 0 radical (unpaired) electrons. The van der Waals surface area contributed by atoms with Crippen molar-refractivity contribution in [1.82, 2.24) is 0 Å². The summed E-state index contributed by atoms with van der Waals surface area (Å²) in [5.41, 5.74) is 14.6. The van der Waals surface area contributed by atoms with Crippen LogP contribution in [0, 0.1) is 11.8 Å². The second kappa shape index (κ2) is 15.1. The van der Waals surface area contributed by atoms with E-state index in [0.717, 1.165) is 5.92 Å². The fraction of sp³-hybridized carbons (Fsp3) is 0.263. The molecule has 3 unspecified atom stereocenters. The Bertz CT molecular complexity index is 2570. The molecule has 0 amide bonds. The van der Waals surface area contributed by atoms with Gasteiger partial charge in [-0.1, -0.05) is 148 Å². The summed E-state index contributed by atoms with van der Waals surface area (Å²) in [4.78, 5) is 4.95. The highest BCUT2D eigenvalue weighted by molar-refractivity contribution is 7.04. The van der Waals surface area contributed by atoms with Crippen molar-refractivity contribution >= 4 is 52.6 Å². The standard InChI is InChI=1S/C57H56N2Si/c1-60(2)54-23-13-12-21-52(54)56-53(22-14-24-55(56)60)59(50-33-26-43(27-34-50)42-15-6-3-7-16-42)51-37-31-45(32-38-51)57(40-41-25-28-46(57)39-41)44-29-35-49(36-30-44)58(47-17-8-4-9-18-47)48-19-10-5-11-20-48/h4-5,8-14,17-24,26-27,29-38,41-42,46H,3,6-7,15-16,25,28,39-40H2,1-2H3. The molecule has 4 aliphatic rings. The van der Waals surface area contributed by atoms with Crippen LogP contribution in [-0.4, -0.2) is 8.07 Å². The number of hydrogen-bond acceptors (Lipinski definition) is 2. The maximum Gasteiger partial charge on any atom is 0.113 e. The summed E-state index contributed by atoms with van der Waals surface area (Å²) in [6.07, 6.45) is 12.0. The van der Waals surface area contributed by atoms with Crippen molar-refractivity contribution in [3.63, 3.8) is 0 Å². The van der Waals surface area contributed by atoms with Crippen LogP contribution in [0.2, 0.25) is 13.1 Å². The molecule has 60 heavy (non-hydrogen) atoms. The number of hydrogen-bond donors (Lipinski definition) is 0. The van der Waals surface area contributed by atoms with Crippen LogP contribution < -0.4 is 20.2 Å². The van der Waals surface area contributed by atoms with E-state index in [2.05, 4.69) is 199 Å². The first kappa shape index (κ1) is 37.4. The quantitative estimate of drug-likeness (QED) is 0.134. The maximum absolute atomic E-state index is 2.57. The number of anilines is 6. The third-order valence-electron chi connectivity index (χ3n) is 15.2. The van der Waals surface area contributed by atoms with Crippen LogP contribution in [0.5, 0.6) is 0 Å². The second-order valence-electron chi connectivity index (χ2n) is 18.8. The minimum Gasteiger partial charge on any atom is -0.311 e. The summed E-state index contributed by atoms with van der Waals surface area (Å²) >= 11 is 0. The first-order valence-electron chi connectivity index (χ1n) is 22.7. The Morgan fingerprint density at radius 3 is 1.58 bits per heavy atom. The van der Waals surface area contributed by atoms with Gasteiger partial charge in [0.15, 0.2) is 0 Å². The predicted octanol–water partition coefficient (Wildman–Crippen LogP) is 14.6. The molecule has 0 spiro atoms. The van der Waals surface area contributed by atoms with Crippen molar-refractivity contribution in [3.05, 3.63) is 193 Å². The van der Waals surface area contributed by atoms with Gasteiger partial charge in [-0.25, -0.2) is 0 Å². The molecule has 1 aliphatic heterocycles. The van der Waals surface area contributed by atoms with E-state index >= 15 is 0 Å². The highest BCUT2D eigenvalue weighted by atomic mass is 28.3. The third-order valence-corrected chi connectivity index (χ3v) is 18.8. The van der Waals surface area contributed by atoms with Crippen LogP contribution in [0.4, 0.5) is 34.1 Å². The molecule has 3 aliphatic carbocycles. The highest BCUT2D eigenvalue weighted by Crippen LogP contribution is 2.60. The van der Waals surface area contributed by atoms with Gasteiger partial charge in [0.2, 0.25) is 0 Å². The van der Waals surface area contributed by atoms with Crippen molar-refractivity contribution in [2.75, 3.05) is 9.80 Å². The molecule has 3 saturated carbocycles. The number of nitrogens with zero attached hydrogens (tertiary/aromatic N) is 2. The van der Waals surface area contributed by atoms with Crippen LogP contribution in [0.3, 0.4) is 0 Å². The summed E-state index contributed by atoms with van der Waals surface area (Å²) in [7, 11) is -1.85. The molecule has 11 rings (SSSR count). The van der Waals surface area contributed by atoms with Gasteiger partial charge in [-0.3, -0.25) is 0 Å². The van der Waals surface area contributed by atoms with Gasteiger partial charge >= 0.3 is 0 Å². The molecule has 7 aromatic carbocycles. The topological polar surface area (TPSA) is 6.48 Å². The lowest BCUT2D eigenvalue weighted by atomic mass is 9.64. The smallest absolute Gasteiger partial charge is 0.113 e. The van der Waals surface area contributed by atoms with Crippen molar-refractivity contribution in [1.29, 1.82) is 0 Å². The molecular weight excluding hydrogens is 741 g/mol. The SMILES string of the molecule is C[Si]1(C)c2ccccc2-c2c(N(c3ccc(C4CCCCC4)cc3)c3ccc(C4(c5ccc(N(c6ccccc6)c6ccccc6)cc5)CC5CCC4C5)cc3)cccc21. The van der Waals surface area contributed by atoms with Crippen molar-refractivity contribution < 1.29 is 0 Å². The molecule has 7 aromatic rings. The van der Waals surface area contributed by atoms with E-state index in [0.29, 0.717) is 11.8 Å². The predicted molar refractivity (Wildman–Crippen MR) is 256 cm³/mol. The minimum absolute atomic E-state index is 0.0132. The summed E-state index contributed by atoms with van der Waals surface area (Å²) in [5, 5.41) is 3.10. The van der Waals surface area contributed by atoms with Gasteiger partial charge in [-0.05, 0) is 149 Å². The number of benzene rings is 7. The lowest BCUT2D eigenvalue weighted by Gasteiger charge is -2.40. The summed E-state index contributed by atoms with van der Waals surface area (Å²) in [6, 6.07) is 67.2. The summed E-state index contributed by atoms with van der Waals surface area (Å²) < 4.78 is 0. The van der Waals surface area contributed by atoms with Gasteiger partial charge in [-0.15, -0.1) is 0 Å². The largest absolute Gasteiger partial charge is 0.311 e. The average molecular weight is 797 g/mol. The molecule has 1 heterocycles. The molecule has 0 aromatic heterocycles. The molecule has 0 saturated heterocycles. The van der Waals surface area contributed by atoms with Crippen LogP contribution in [0.25, 0.3) is 11.1 Å². The van der Waals surface area contributed by atoms with Crippen LogP contribution in [0.15, 0.2) is 176 Å². The van der Waals surface area contributed by atoms with E-state index in [4.69, 9.17) is 0 Å². The van der Waals surface area contributed by atoms with Crippen LogP contribution in [-0.2, 0) is 5.41 Å². The van der Waals surface area contributed by atoms with Gasteiger partial charge in [0.05, 0.1) is 5.69 Å². The molecule has 0 N–H and O–H groups in total. The lowest BCUT2D eigenvalue weighted by molar-refractivity contribution is 0.320. The number of rotatable bonds is 9. The molecular formula is C57H56N2Si. The number of para-hydroxylation sites is 2. The first-order valence-corrected chi connectivity index (χ1v) is 25.7. The van der Waals surface area contributed by atoms with Gasteiger partial charge in [0, 0.05) is 39.4 Å². The summed E-state index contributed by atoms with van der Waals surface area (Å²) in [5.74, 6) is 2.13. The molecule has 3 fully saturated rings. The summed E-state index contributed by atoms with van der Waals surface area (Å²) in [6.45, 7) is 5.06. The zero-order chi connectivity index (χ0) is 40.3. The Labute approximate surface area is 358 Å². The minimum atomic E-state index is -1.85. The first-order chi connectivity index (χ1) is 29.5. The lowest BCUT2D eigenvalue weighted by Crippen LogP contribution is -2.49. The zero-order valence-electron chi connectivity index (χ0n) is 35.2. The van der Waals surface area contributed by atoms with E-state index in [1.54, 1.807) is 10.4 Å².